The van der Waals surface area contributed by atoms with Gasteiger partial charge in [-0.2, -0.15) is 0 Å². The predicted molar refractivity (Wildman–Crippen MR) is 122 cm³/mol. The molecule has 3 aromatic carbocycles. The zero-order valence-electron chi connectivity index (χ0n) is 18.3. The molecule has 0 spiro atoms. The van der Waals surface area contributed by atoms with Crippen molar-refractivity contribution in [3.8, 4) is 5.75 Å². The summed E-state index contributed by atoms with van der Waals surface area (Å²) >= 11 is 0. The van der Waals surface area contributed by atoms with E-state index in [-0.39, 0.29) is 12.1 Å². The third kappa shape index (κ3) is 5.46. The molecule has 0 radical (unpaired) electrons. The van der Waals surface area contributed by atoms with E-state index in [9.17, 15) is 4.79 Å². The molecule has 1 aliphatic carbocycles. The Morgan fingerprint density at radius 1 is 0.903 bits per heavy atom. The second-order valence-corrected chi connectivity index (χ2v) is 9.00. The summed E-state index contributed by atoms with van der Waals surface area (Å²) in [7, 11) is 0. The number of rotatable bonds is 5. The van der Waals surface area contributed by atoms with Crippen LogP contribution in [0.2, 0.25) is 0 Å². The highest BCUT2D eigenvalue weighted by atomic mass is 16.6. The minimum Gasteiger partial charge on any atom is -0.484 e. The summed E-state index contributed by atoms with van der Waals surface area (Å²) in [5.74, 6) is 0.787. The van der Waals surface area contributed by atoms with Crippen LogP contribution >= 0.6 is 0 Å². The lowest BCUT2D eigenvalue weighted by Crippen LogP contribution is -2.42. The first-order valence-corrected chi connectivity index (χ1v) is 10.7. The van der Waals surface area contributed by atoms with Gasteiger partial charge in [0, 0.05) is 0 Å². The fourth-order valence-corrected chi connectivity index (χ4v) is 3.95. The summed E-state index contributed by atoms with van der Waals surface area (Å²) < 4.78 is 11.8. The number of hydrogen-bond donors (Lipinski definition) is 1. The zero-order chi connectivity index (χ0) is 21.8. The second-order valence-electron chi connectivity index (χ2n) is 9.00. The Hall–Kier alpha value is -3.27. The molecule has 3 aromatic rings. The Labute approximate surface area is 184 Å². The Bertz CT molecular complexity index is 1020. The van der Waals surface area contributed by atoms with E-state index >= 15 is 0 Å². The van der Waals surface area contributed by atoms with Crippen LogP contribution in [0.1, 0.15) is 49.1 Å². The third-order valence-electron chi connectivity index (χ3n) is 5.31. The largest absolute Gasteiger partial charge is 0.484 e. The van der Waals surface area contributed by atoms with Crippen LogP contribution in [-0.2, 0) is 17.6 Å². The number of fused-ring (bicyclic) bond motifs is 1. The van der Waals surface area contributed by atoms with Crippen molar-refractivity contribution < 1.29 is 14.3 Å². The third-order valence-corrected chi connectivity index (χ3v) is 5.31. The molecule has 1 N–H and O–H groups in total. The Balaban J connectivity index is 1.48. The maximum absolute atomic E-state index is 12.4. The van der Waals surface area contributed by atoms with Crippen molar-refractivity contribution in [3.63, 3.8) is 0 Å². The average Bonchev–Trinajstić information content (AvgIpc) is 3.06. The van der Waals surface area contributed by atoms with Crippen LogP contribution in [0.15, 0.2) is 78.9 Å². The molecule has 0 aromatic heterocycles. The van der Waals surface area contributed by atoms with Gasteiger partial charge >= 0.3 is 6.09 Å². The first-order chi connectivity index (χ1) is 14.9. The van der Waals surface area contributed by atoms with Crippen molar-refractivity contribution in [2.75, 3.05) is 0 Å². The van der Waals surface area contributed by atoms with E-state index in [0.717, 1.165) is 17.7 Å². The molecule has 0 fully saturated rings. The summed E-state index contributed by atoms with van der Waals surface area (Å²) in [4.78, 5) is 12.4. The van der Waals surface area contributed by atoms with Crippen molar-refractivity contribution in [3.05, 3.63) is 101 Å². The van der Waals surface area contributed by atoms with Crippen molar-refractivity contribution >= 4 is 6.09 Å². The molecule has 2 atom stereocenters. The molecule has 0 saturated heterocycles. The van der Waals surface area contributed by atoms with Crippen LogP contribution in [0, 0.1) is 0 Å². The topological polar surface area (TPSA) is 47.6 Å². The molecule has 1 aliphatic rings. The van der Waals surface area contributed by atoms with Crippen LogP contribution < -0.4 is 10.1 Å². The van der Waals surface area contributed by atoms with Crippen molar-refractivity contribution in [2.45, 2.75) is 51.4 Å². The number of hydrogen-bond acceptors (Lipinski definition) is 3. The van der Waals surface area contributed by atoms with Gasteiger partial charge < -0.3 is 14.8 Å². The van der Waals surface area contributed by atoms with E-state index in [1.807, 2.05) is 51.1 Å². The first kappa shape index (κ1) is 21.0. The smallest absolute Gasteiger partial charge is 0.408 e. The van der Waals surface area contributed by atoms with Crippen molar-refractivity contribution in [1.29, 1.82) is 0 Å². The minimum absolute atomic E-state index is 0.184. The van der Waals surface area contributed by atoms with E-state index in [4.69, 9.17) is 9.47 Å². The summed E-state index contributed by atoms with van der Waals surface area (Å²) in [5, 5.41) is 3.01. The van der Waals surface area contributed by atoms with Gasteiger partial charge in [-0.05, 0) is 68.0 Å². The van der Waals surface area contributed by atoms with Gasteiger partial charge in [0.2, 0.25) is 0 Å². The highest BCUT2D eigenvalue weighted by molar-refractivity contribution is 5.68. The number of ether oxygens (including phenoxy) is 2. The number of carbonyl (C=O) groups is 1. The SMILES string of the molecule is CC(C)(C)OC(=O)N[C@H]1Cc2ccccc2[C@H]1Oc1ccc(Cc2ccccc2)cc1. The van der Waals surface area contributed by atoms with Gasteiger partial charge in [-0.1, -0.05) is 66.7 Å². The van der Waals surface area contributed by atoms with Gasteiger partial charge in [0.1, 0.15) is 17.5 Å². The van der Waals surface area contributed by atoms with E-state index in [1.165, 1.54) is 16.7 Å². The maximum atomic E-state index is 12.4. The molecule has 0 heterocycles. The number of nitrogens with one attached hydrogen (secondary N) is 1. The second kappa shape index (κ2) is 8.84. The molecule has 4 heteroatoms. The number of benzene rings is 3. The summed E-state index contributed by atoms with van der Waals surface area (Å²) in [6, 6.07) is 26.6. The van der Waals surface area contributed by atoms with Crippen molar-refractivity contribution in [1.82, 2.24) is 5.32 Å². The fourth-order valence-electron chi connectivity index (χ4n) is 3.95. The Kier molecular flexibility index (Phi) is 5.99. The molecule has 160 valence electrons. The van der Waals surface area contributed by atoms with E-state index in [0.29, 0.717) is 6.42 Å². The molecular weight excluding hydrogens is 386 g/mol. The summed E-state index contributed by atoms with van der Waals surface area (Å²) in [6.45, 7) is 5.59. The molecule has 4 nitrogen and oxygen atoms in total. The molecular formula is C27H29NO3. The van der Waals surface area contributed by atoms with Gasteiger partial charge in [-0.3, -0.25) is 0 Å². The van der Waals surface area contributed by atoms with Gasteiger partial charge in [-0.25, -0.2) is 4.79 Å². The van der Waals surface area contributed by atoms with Crippen LogP contribution in [0.25, 0.3) is 0 Å². The normalized spacial score (nSPS) is 17.6. The quantitative estimate of drug-likeness (QED) is 0.569. The standard InChI is InChI=1S/C27H29NO3/c1-27(2,3)31-26(29)28-24-18-21-11-7-8-12-23(21)25(24)30-22-15-13-20(14-16-22)17-19-9-5-4-6-10-19/h4-16,24-25H,17-18H2,1-3H3,(H,28,29)/t24-,25+/m0/s1. The highest BCUT2D eigenvalue weighted by Gasteiger charge is 2.36. The summed E-state index contributed by atoms with van der Waals surface area (Å²) in [5.41, 5.74) is 4.27. The lowest BCUT2D eigenvalue weighted by molar-refractivity contribution is 0.0456. The molecule has 0 bridgehead atoms. The zero-order valence-corrected chi connectivity index (χ0v) is 18.3. The first-order valence-electron chi connectivity index (χ1n) is 10.7. The molecule has 1 amide bonds. The molecule has 0 unspecified atom stereocenters. The summed E-state index contributed by atoms with van der Waals surface area (Å²) in [6.07, 6.45) is 0.920. The lowest BCUT2D eigenvalue weighted by atomic mass is 10.1. The lowest BCUT2D eigenvalue weighted by Gasteiger charge is -2.26. The van der Waals surface area contributed by atoms with Gasteiger partial charge in [0.25, 0.3) is 0 Å². The maximum Gasteiger partial charge on any atom is 0.408 e. The number of carbonyl (C=O) groups excluding carboxylic acids is 1. The van der Waals surface area contributed by atoms with Crippen LogP contribution in [-0.4, -0.2) is 17.7 Å². The molecule has 31 heavy (non-hydrogen) atoms. The van der Waals surface area contributed by atoms with Gasteiger partial charge in [0.05, 0.1) is 6.04 Å². The molecule has 4 rings (SSSR count). The Morgan fingerprint density at radius 3 is 2.26 bits per heavy atom. The monoisotopic (exact) mass is 415 g/mol. The highest BCUT2D eigenvalue weighted by Crippen LogP contribution is 2.35. The predicted octanol–water partition coefficient (Wildman–Crippen LogP) is 5.85. The molecule has 0 saturated carbocycles. The van der Waals surface area contributed by atoms with Crippen LogP contribution in [0.4, 0.5) is 4.79 Å². The van der Waals surface area contributed by atoms with E-state index in [1.54, 1.807) is 0 Å². The minimum atomic E-state index is -0.541. The van der Waals surface area contributed by atoms with Crippen LogP contribution in [0.3, 0.4) is 0 Å². The van der Waals surface area contributed by atoms with E-state index in [2.05, 4.69) is 53.8 Å². The average molecular weight is 416 g/mol. The Morgan fingerprint density at radius 2 is 1.55 bits per heavy atom. The number of alkyl carbamates (subject to hydrolysis) is 1. The van der Waals surface area contributed by atoms with Crippen LogP contribution in [0.5, 0.6) is 5.75 Å². The fraction of sp³-hybridized carbons (Fsp3) is 0.296. The number of amides is 1. The van der Waals surface area contributed by atoms with Gasteiger partial charge in [0.15, 0.2) is 0 Å². The van der Waals surface area contributed by atoms with E-state index < -0.39 is 11.7 Å². The van der Waals surface area contributed by atoms with Crippen molar-refractivity contribution in [2.24, 2.45) is 0 Å². The van der Waals surface area contributed by atoms with Gasteiger partial charge in [-0.15, -0.1) is 0 Å². The molecule has 0 aliphatic heterocycles.